The molecule has 0 aliphatic carbocycles. The molecule has 0 N–H and O–H groups in total. The molecule has 0 atom stereocenters. The maximum atomic E-state index is 6.35. The van der Waals surface area contributed by atoms with Crippen molar-refractivity contribution < 1.29 is 4.42 Å². The van der Waals surface area contributed by atoms with Crippen LogP contribution in [-0.2, 0) is 0 Å². The first-order valence-corrected chi connectivity index (χ1v) is 16.8. The highest BCUT2D eigenvalue weighted by Crippen LogP contribution is 2.45. The van der Waals surface area contributed by atoms with E-state index in [1.807, 2.05) is 12.1 Å². The lowest BCUT2D eigenvalue weighted by Crippen LogP contribution is -1.91. The molecule has 0 radical (unpaired) electrons. The molecule has 10 rings (SSSR count). The summed E-state index contributed by atoms with van der Waals surface area (Å²) in [5.41, 5.74) is 11.6. The molecule has 49 heavy (non-hydrogen) atoms. The van der Waals surface area contributed by atoms with Crippen molar-refractivity contribution in [3.8, 4) is 44.5 Å². The van der Waals surface area contributed by atoms with E-state index < -0.39 is 0 Å². The summed E-state index contributed by atoms with van der Waals surface area (Å²) in [7, 11) is 0. The van der Waals surface area contributed by atoms with Crippen molar-refractivity contribution >= 4 is 54.3 Å². The second-order valence-electron chi connectivity index (χ2n) is 12.8. The summed E-state index contributed by atoms with van der Waals surface area (Å²) in [6, 6.07) is 65.8. The van der Waals surface area contributed by atoms with Gasteiger partial charge in [-0.1, -0.05) is 146 Å². The van der Waals surface area contributed by atoms with Crippen LogP contribution in [-0.4, -0.2) is 0 Å². The number of hydrogen-bond acceptors (Lipinski definition) is 1. The Morgan fingerprint density at radius 2 is 0.714 bits per heavy atom. The van der Waals surface area contributed by atoms with Gasteiger partial charge >= 0.3 is 0 Å². The Balaban J connectivity index is 1.22. The molecule has 9 aromatic carbocycles. The number of para-hydroxylation sites is 1. The number of fused-ring (bicyclic) bond motifs is 6. The summed E-state index contributed by atoms with van der Waals surface area (Å²) in [6.45, 7) is 0. The van der Waals surface area contributed by atoms with E-state index >= 15 is 0 Å². The average Bonchev–Trinajstić information content (AvgIpc) is 3.55. The van der Waals surface area contributed by atoms with Gasteiger partial charge in [-0.05, 0) is 113 Å². The van der Waals surface area contributed by atoms with Crippen LogP contribution in [0.3, 0.4) is 0 Å². The first-order chi connectivity index (χ1) is 24.3. The van der Waals surface area contributed by atoms with Crippen LogP contribution >= 0.6 is 0 Å². The molecule has 1 aromatic heterocycles. The number of rotatable bonds is 4. The third-order valence-electron chi connectivity index (χ3n) is 10.0. The molecule has 10 aromatic rings. The third-order valence-corrected chi connectivity index (χ3v) is 10.0. The van der Waals surface area contributed by atoms with Crippen LogP contribution in [0.15, 0.2) is 186 Å². The van der Waals surface area contributed by atoms with Crippen molar-refractivity contribution in [2.45, 2.75) is 0 Å². The summed E-state index contributed by atoms with van der Waals surface area (Å²) >= 11 is 0. The largest absolute Gasteiger partial charge is 0.456 e. The minimum Gasteiger partial charge on any atom is -0.456 e. The molecule has 0 saturated heterocycles. The van der Waals surface area contributed by atoms with Crippen molar-refractivity contribution in [3.63, 3.8) is 0 Å². The van der Waals surface area contributed by atoms with Crippen molar-refractivity contribution in [1.82, 2.24) is 0 Å². The Kier molecular flexibility index (Phi) is 6.25. The Hall–Kier alpha value is -6.44. The van der Waals surface area contributed by atoms with Gasteiger partial charge in [0.25, 0.3) is 0 Å². The predicted molar refractivity (Wildman–Crippen MR) is 208 cm³/mol. The molecule has 0 spiro atoms. The molecule has 0 aliphatic heterocycles. The Morgan fingerprint density at radius 3 is 1.31 bits per heavy atom. The minimum absolute atomic E-state index is 0.912. The van der Waals surface area contributed by atoms with E-state index in [1.165, 1.54) is 71.3 Å². The van der Waals surface area contributed by atoms with Crippen LogP contribution in [0.2, 0.25) is 0 Å². The number of furan rings is 1. The van der Waals surface area contributed by atoms with Crippen LogP contribution in [0.1, 0.15) is 0 Å². The monoisotopic (exact) mass is 622 g/mol. The zero-order chi connectivity index (χ0) is 32.3. The van der Waals surface area contributed by atoms with E-state index in [1.54, 1.807) is 0 Å². The number of hydrogen-bond donors (Lipinski definition) is 0. The van der Waals surface area contributed by atoms with Gasteiger partial charge in [-0.2, -0.15) is 0 Å². The SMILES string of the molecule is c1ccc(-c2cc3ccc(-c4c5ccccc5c(-c5ccc6c(c5)oc5ccccc56)c5ccccc45)cc3cc2-c2ccccc2)cc1. The molecular weight excluding hydrogens is 593 g/mol. The summed E-state index contributed by atoms with van der Waals surface area (Å²) < 4.78 is 6.35. The molecule has 0 fully saturated rings. The van der Waals surface area contributed by atoms with E-state index in [0.29, 0.717) is 0 Å². The maximum Gasteiger partial charge on any atom is 0.136 e. The van der Waals surface area contributed by atoms with Crippen molar-refractivity contribution in [2.24, 2.45) is 0 Å². The standard InChI is InChI=1S/C48H30O/c1-3-13-31(14-4-1)43-28-33-23-24-34(27-36(33)29-44(43)32-15-5-2-6-16-32)47-39-18-7-9-20-41(39)48(42-21-10-8-19-40(42)47)35-25-26-38-37-17-11-12-22-45(37)49-46(38)30-35/h1-30H. The fraction of sp³-hybridized carbons (Fsp3) is 0. The molecule has 1 heterocycles. The summed E-state index contributed by atoms with van der Waals surface area (Å²) in [4.78, 5) is 0. The maximum absolute atomic E-state index is 6.35. The zero-order valence-corrected chi connectivity index (χ0v) is 26.7. The summed E-state index contributed by atoms with van der Waals surface area (Å²) in [5.74, 6) is 0. The van der Waals surface area contributed by atoms with Crippen molar-refractivity contribution in [2.75, 3.05) is 0 Å². The van der Waals surface area contributed by atoms with Gasteiger partial charge in [0.2, 0.25) is 0 Å². The molecule has 0 unspecified atom stereocenters. The van der Waals surface area contributed by atoms with Crippen LogP contribution < -0.4 is 0 Å². The van der Waals surface area contributed by atoms with Gasteiger partial charge in [-0.25, -0.2) is 0 Å². The fourth-order valence-electron chi connectivity index (χ4n) is 7.80. The lowest BCUT2D eigenvalue weighted by Gasteiger charge is -2.18. The van der Waals surface area contributed by atoms with Crippen LogP contribution in [0.5, 0.6) is 0 Å². The molecular formula is C48H30O. The highest BCUT2D eigenvalue weighted by molar-refractivity contribution is 6.22. The van der Waals surface area contributed by atoms with Gasteiger partial charge in [-0.3, -0.25) is 0 Å². The molecule has 1 nitrogen and oxygen atoms in total. The minimum atomic E-state index is 0.912. The fourth-order valence-corrected chi connectivity index (χ4v) is 7.80. The van der Waals surface area contributed by atoms with E-state index in [-0.39, 0.29) is 0 Å². The second-order valence-corrected chi connectivity index (χ2v) is 12.8. The Bertz CT molecular complexity index is 2800. The predicted octanol–water partition coefficient (Wildman–Crippen LogP) is 13.7. The van der Waals surface area contributed by atoms with Gasteiger partial charge < -0.3 is 4.42 Å². The molecule has 0 amide bonds. The highest BCUT2D eigenvalue weighted by Gasteiger charge is 2.18. The van der Waals surface area contributed by atoms with E-state index in [2.05, 4.69) is 170 Å². The number of benzene rings is 9. The molecule has 228 valence electrons. The average molecular weight is 623 g/mol. The second kappa shape index (κ2) is 11.1. The van der Waals surface area contributed by atoms with Crippen LogP contribution in [0.4, 0.5) is 0 Å². The van der Waals surface area contributed by atoms with Crippen LogP contribution in [0.25, 0.3) is 98.8 Å². The van der Waals surface area contributed by atoms with Gasteiger partial charge in [0, 0.05) is 10.8 Å². The molecule has 0 aliphatic rings. The van der Waals surface area contributed by atoms with Crippen molar-refractivity contribution in [1.29, 1.82) is 0 Å². The Labute approximate surface area is 284 Å². The summed E-state index contributed by atoms with van der Waals surface area (Å²) in [5, 5.41) is 9.69. The van der Waals surface area contributed by atoms with Crippen molar-refractivity contribution in [3.05, 3.63) is 182 Å². The van der Waals surface area contributed by atoms with E-state index in [4.69, 9.17) is 4.42 Å². The lowest BCUT2D eigenvalue weighted by atomic mass is 9.85. The van der Waals surface area contributed by atoms with Gasteiger partial charge in [0.1, 0.15) is 11.2 Å². The first kappa shape index (κ1) is 27.7. The quantitative estimate of drug-likeness (QED) is 0.178. The van der Waals surface area contributed by atoms with Gasteiger partial charge in [0.05, 0.1) is 0 Å². The Morgan fingerprint density at radius 1 is 0.265 bits per heavy atom. The smallest absolute Gasteiger partial charge is 0.136 e. The third kappa shape index (κ3) is 4.47. The van der Waals surface area contributed by atoms with Crippen LogP contribution in [0, 0.1) is 0 Å². The van der Waals surface area contributed by atoms with Gasteiger partial charge in [0.15, 0.2) is 0 Å². The highest BCUT2D eigenvalue weighted by atomic mass is 16.3. The first-order valence-electron chi connectivity index (χ1n) is 16.8. The molecule has 0 bridgehead atoms. The lowest BCUT2D eigenvalue weighted by molar-refractivity contribution is 0.669. The summed E-state index contributed by atoms with van der Waals surface area (Å²) in [6.07, 6.45) is 0. The normalized spacial score (nSPS) is 11.7. The molecule has 1 heteroatoms. The topological polar surface area (TPSA) is 13.1 Å². The van der Waals surface area contributed by atoms with E-state index in [0.717, 1.165) is 27.5 Å². The van der Waals surface area contributed by atoms with Gasteiger partial charge in [-0.15, -0.1) is 0 Å². The zero-order valence-electron chi connectivity index (χ0n) is 26.7. The molecule has 0 saturated carbocycles. The van der Waals surface area contributed by atoms with E-state index in [9.17, 15) is 0 Å².